The van der Waals surface area contributed by atoms with Crippen LogP contribution in [0, 0.1) is 6.92 Å². The van der Waals surface area contributed by atoms with Crippen molar-refractivity contribution >= 4 is 9.84 Å². The fraction of sp³-hybridized carbons (Fsp3) is 0.286. The highest BCUT2D eigenvalue weighted by Gasteiger charge is 2.09. The summed E-state index contributed by atoms with van der Waals surface area (Å²) < 4.78 is 34.0. The molecule has 0 saturated carbocycles. The van der Waals surface area contributed by atoms with Gasteiger partial charge >= 0.3 is 0 Å². The van der Waals surface area contributed by atoms with Crippen molar-refractivity contribution in [3.8, 4) is 5.75 Å². The molecule has 1 aromatic carbocycles. The van der Waals surface area contributed by atoms with E-state index in [1.54, 1.807) is 12.1 Å². The van der Waals surface area contributed by atoms with E-state index in [1.807, 2.05) is 13.0 Å². The largest absolute Gasteiger partial charge is 0.486 e. The van der Waals surface area contributed by atoms with Crippen LogP contribution in [-0.2, 0) is 23.0 Å². The van der Waals surface area contributed by atoms with E-state index in [9.17, 15) is 8.42 Å². The molecule has 2 rings (SSSR count). The van der Waals surface area contributed by atoms with Gasteiger partial charge in [-0.25, -0.2) is 8.42 Å². The second-order valence-corrected chi connectivity index (χ2v) is 6.55. The Balaban J connectivity index is 2.11. The summed E-state index contributed by atoms with van der Waals surface area (Å²) in [6.07, 6.45) is 1.16. The van der Waals surface area contributed by atoms with Crippen LogP contribution in [0.2, 0.25) is 0 Å². The van der Waals surface area contributed by atoms with Crippen molar-refractivity contribution in [2.75, 3.05) is 6.26 Å². The summed E-state index contributed by atoms with van der Waals surface area (Å²) in [5, 5.41) is 0. The van der Waals surface area contributed by atoms with Crippen molar-refractivity contribution in [2.24, 2.45) is 5.73 Å². The summed E-state index contributed by atoms with van der Waals surface area (Å²) in [7, 11) is -3.23. The van der Waals surface area contributed by atoms with Crippen molar-refractivity contribution in [3.05, 3.63) is 47.4 Å². The zero-order valence-corrected chi connectivity index (χ0v) is 12.2. The van der Waals surface area contributed by atoms with Gasteiger partial charge in [0.1, 0.15) is 23.9 Å². The Morgan fingerprint density at radius 2 is 2.05 bits per heavy atom. The molecule has 1 aromatic heterocycles. The maximum absolute atomic E-state index is 11.5. The van der Waals surface area contributed by atoms with Crippen LogP contribution < -0.4 is 10.5 Å². The van der Waals surface area contributed by atoms with Gasteiger partial charge in [0.15, 0.2) is 9.84 Å². The lowest BCUT2D eigenvalue weighted by atomic mass is 10.2. The minimum atomic E-state index is -3.23. The zero-order valence-electron chi connectivity index (χ0n) is 11.4. The minimum Gasteiger partial charge on any atom is -0.486 e. The molecule has 0 fully saturated rings. The second-order valence-electron chi connectivity index (χ2n) is 4.53. The average molecular weight is 295 g/mol. The third kappa shape index (κ3) is 3.40. The summed E-state index contributed by atoms with van der Waals surface area (Å²) in [6, 6.07) is 8.22. The first-order valence-electron chi connectivity index (χ1n) is 6.11. The van der Waals surface area contributed by atoms with Gasteiger partial charge in [-0.1, -0.05) is 6.07 Å². The number of rotatable bonds is 5. The number of hydrogen-bond donors (Lipinski definition) is 1. The van der Waals surface area contributed by atoms with Crippen molar-refractivity contribution in [1.82, 2.24) is 0 Å². The molecule has 2 aromatic rings. The Kier molecular flexibility index (Phi) is 4.15. The number of furan rings is 1. The molecule has 0 amide bonds. The fourth-order valence-corrected chi connectivity index (χ4v) is 2.47. The summed E-state index contributed by atoms with van der Waals surface area (Å²) in [5.74, 6) is 1.92. The quantitative estimate of drug-likeness (QED) is 0.912. The van der Waals surface area contributed by atoms with E-state index in [-0.39, 0.29) is 11.5 Å². The molecular weight excluding hydrogens is 278 g/mol. The van der Waals surface area contributed by atoms with Gasteiger partial charge in [0.25, 0.3) is 0 Å². The maximum atomic E-state index is 11.5. The third-order valence-electron chi connectivity index (χ3n) is 2.91. The Morgan fingerprint density at radius 1 is 1.30 bits per heavy atom. The third-order valence-corrected chi connectivity index (χ3v) is 4.02. The highest BCUT2D eigenvalue weighted by molar-refractivity contribution is 7.90. The van der Waals surface area contributed by atoms with Crippen LogP contribution in [0.3, 0.4) is 0 Å². The standard InChI is InChI=1S/C14H17NO4S/c1-10-11(8-15)6-13(19-10)9-18-12-4-3-5-14(7-12)20(2,16)17/h3-7H,8-9,15H2,1-2H3. The molecule has 0 spiro atoms. The summed E-state index contributed by atoms with van der Waals surface area (Å²) in [5.41, 5.74) is 6.51. The van der Waals surface area contributed by atoms with Gasteiger partial charge in [0.2, 0.25) is 0 Å². The molecular formula is C14H17NO4S. The summed E-state index contributed by atoms with van der Waals surface area (Å²) >= 11 is 0. The van der Waals surface area contributed by atoms with Crippen LogP contribution in [0.1, 0.15) is 17.1 Å². The maximum Gasteiger partial charge on any atom is 0.175 e. The van der Waals surface area contributed by atoms with E-state index in [0.717, 1.165) is 17.6 Å². The summed E-state index contributed by atoms with van der Waals surface area (Å²) in [4.78, 5) is 0.230. The first-order valence-corrected chi connectivity index (χ1v) is 8.00. The molecule has 0 unspecified atom stereocenters. The number of ether oxygens (including phenoxy) is 1. The lowest BCUT2D eigenvalue weighted by Gasteiger charge is -2.05. The van der Waals surface area contributed by atoms with Gasteiger partial charge in [-0.3, -0.25) is 0 Å². The zero-order chi connectivity index (χ0) is 14.8. The minimum absolute atomic E-state index is 0.230. The Bertz CT molecular complexity index is 704. The van der Waals surface area contributed by atoms with E-state index in [2.05, 4.69) is 0 Å². The van der Waals surface area contributed by atoms with Gasteiger partial charge in [-0.05, 0) is 31.2 Å². The number of hydrogen-bond acceptors (Lipinski definition) is 5. The number of benzene rings is 1. The van der Waals surface area contributed by atoms with Crippen LogP contribution in [0.15, 0.2) is 39.6 Å². The van der Waals surface area contributed by atoms with Crippen LogP contribution in [-0.4, -0.2) is 14.7 Å². The molecule has 0 atom stereocenters. The molecule has 0 radical (unpaired) electrons. The lowest BCUT2D eigenvalue weighted by molar-refractivity contribution is 0.267. The van der Waals surface area contributed by atoms with E-state index < -0.39 is 9.84 Å². The fourth-order valence-electron chi connectivity index (χ4n) is 1.81. The molecule has 0 aliphatic rings. The molecule has 108 valence electrons. The highest BCUT2D eigenvalue weighted by Crippen LogP contribution is 2.20. The lowest BCUT2D eigenvalue weighted by Crippen LogP contribution is -1.99. The van der Waals surface area contributed by atoms with Crippen LogP contribution in [0.5, 0.6) is 5.75 Å². The Hall–Kier alpha value is -1.79. The van der Waals surface area contributed by atoms with Crippen molar-refractivity contribution in [1.29, 1.82) is 0 Å². The van der Waals surface area contributed by atoms with E-state index in [4.69, 9.17) is 14.9 Å². The molecule has 0 bridgehead atoms. The number of nitrogens with two attached hydrogens (primary N) is 1. The summed E-state index contributed by atoms with van der Waals surface area (Å²) in [6.45, 7) is 2.49. The Morgan fingerprint density at radius 3 is 2.65 bits per heavy atom. The van der Waals surface area contributed by atoms with E-state index in [0.29, 0.717) is 18.1 Å². The topological polar surface area (TPSA) is 82.5 Å². The normalized spacial score (nSPS) is 11.6. The predicted molar refractivity (Wildman–Crippen MR) is 75.2 cm³/mol. The van der Waals surface area contributed by atoms with Gasteiger partial charge in [-0.2, -0.15) is 0 Å². The molecule has 20 heavy (non-hydrogen) atoms. The molecule has 0 aliphatic carbocycles. The van der Waals surface area contributed by atoms with Gasteiger partial charge in [0.05, 0.1) is 4.90 Å². The second kappa shape index (κ2) is 5.68. The van der Waals surface area contributed by atoms with Crippen LogP contribution in [0.25, 0.3) is 0 Å². The van der Waals surface area contributed by atoms with Crippen LogP contribution in [0.4, 0.5) is 0 Å². The molecule has 1 heterocycles. The van der Waals surface area contributed by atoms with E-state index >= 15 is 0 Å². The highest BCUT2D eigenvalue weighted by atomic mass is 32.2. The monoisotopic (exact) mass is 295 g/mol. The Labute approximate surface area is 118 Å². The molecule has 0 aliphatic heterocycles. The average Bonchev–Trinajstić information content (AvgIpc) is 2.76. The molecule has 2 N–H and O–H groups in total. The smallest absolute Gasteiger partial charge is 0.175 e. The molecule has 6 heteroatoms. The first kappa shape index (κ1) is 14.6. The van der Waals surface area contributed by atoms with Crippen molar-refractivity contribution in [2.45, 2.75) is 25.0 Å². The number of sulfone groups is 1. The predicted octanol–water partition coefficient (Wildman–Crippen LogP) is 2.03. The van der Waals surface area contributed by atoms with Gasteiger partial charge in [-0.15, -0.1) is 0 Å². The molecule has 5 nitrogen and oxygen atoms in total. The SMILES string of the molecule is Cc1oc(COc2cccc(S(C)(=O)=O)c2)cc1CN. The van der Waals surface area contributed by atoms with Gasteiger partial charge < -0.3 is 14.9 Å². The van der Waals surface area contributed by atoms with Crippen molar-refractivity contribution in [3.63, 3.8) is 0 Å². The number of aryl methyl sites for hydroxylation is 1. The van der Waals surface area contributed by atoms with Gasteiger partial charge in [0, 0.05) is 18.4 Å². The van der Waals surface area contributed by atoms with E-state index in [1.165, 1.54) is 12.1 Å². The molecule has 0 saturated heterocycles. The van der Waals surface area contributed by atoms with Crippen LogP contribution >= 0.6 is 0 Å². The first-order chi connectivity index (χ1) is 9.40. The van der Waals surface area contributed by atoms with Crippen molar-refractivity contribution < 1.29 is 17.6 Å².